The maximum atomic E-state index is 12.0. The predicted octanol–water partition coefficient (Wildman–Crippen LogP) is 3.66. The minimum Gasteiger partial charge on any atom is -0.480 e. The zero-order valence-corrected chi connectivity index (χ0v) is 16.7. The van der Waals surface area contributed by atoms with Crippen LogP contribution in [0.5, 0.6) is 0 Å². The molecule has 0 spiro atoms. The van der Waals surface area contributed by atoms with Crippen LogP contribution in [0.1, 0.15) is 24.4 Å². The number of rotatable bonds is 6. The number of halogens is 2. The van der Waals surface area contributed by atoms with Crippen LogP contribution in [-0.2, 0) is 16.1 Å². The molecule has 7 nitrogen and oxygen atoms in total. The number of imidazole rings is 1. The molecule has 0 saturated heterocycles. The lowest BCUT2D eigenvalue weighted by atomic mass is 10.1. The second-order valence-electron chi connectivity index (χ2n) is 5.37. The molecule has 0 aliphatic carbocycles. The van der Waals surface area contributed by atoms with Gasteiger partial charge >= 0.3 is 12.1 Å². The summed E-state index contributed by atoms with van der Waals surface area (Å²) in [6.45, 7) is 3.49. The number of aliphatic carboxylic acids is 1. The molecule has 9 heteroatoms. The van der Waals surface area contributed by atoms with E-state index in [1.807, 2.05) is 30.3 Å². The Balaban J connectivity index is 2.07. The quantitative estimate of drug-likeness (QED) is 0.666. The number of amides is 1. The molecule has 2 N–H and O–H groups in total. The average Bonchev–Trinajstić information content (AvgIpc) is 2.83. The molecule has 2 atom stereocenters. The molecule has 0 radical (unpaired) electrons. The number of alkyl carbamates (subject to hydrolysis) is 1. The van der Waals surface area contributed by atoms with Crippen molar-refractivity contribution in [3.05, 3.63) is 50.9 Å². The lowest BCUT2D eigenvalue weighted by molar-refractivity contribution is -0.140. The Morgan fingerprint density at radius 3 is 2.48 bits per heavy atom. The highest BCUT2D eigenvalue weighted by Gasteiger charge is 2.31. The minimum absolute atomic E-state index is 0.0622. The van der Waals surface area contributed by atoms with Crippen LogP contribution in [-0.4, -0.2) is 32.8 Å². The smallest absolute Gasteiger partial charge is 0.408 e. The summed E-state index contributed by atoms with van der Waals surface area (Å²) in [5.74, 6) is -0.558. The van der Waals surface area contributed by atoms with Crippen molar-refractivity contribution in [2.24, 2.45) is 0 Å². The van der Waals surface area contributed by atoms with E-state index in [2.05, 4.69) is 42.2 Å². The Kier molecular flexibility index (Phi) is 6.60. The molecular weight excluding hydrogens is 458 g/mol. The molecule has 0 aliphatic heterocycles. The third-order valence-electron chi connectivity index (χ3n) is 3.63. The predicted molar refractivity (Wildman–Crippen MR) is 98.3 cm³/mol. The molecule has 1 aromatic heterocycles. The van der Waals surface area contributed by atoms with Crippen LogP contribution in [0.15, 0.2) is 39.5 Å². The second-order valence-corrected chi connectivity index (χ2v) is 6.88. The summed E-state index contributed by atoms with van der Waals surface area (Å²) in [4.78, 5) is 27.8. The molecule has 2 rings (SSSR count). The van der Waals surface area contributed by atoms with Gasteiger partial charge in [-0.15, -0.1) is 0 Å². The molecule has 0 bridgehead atoms. The molecule has 2 aromatic rings. The summed E-state index contributed by atoms with van der Waals surface area (Å²) < 4.78 is 7.94. The highest BCUT2D eigenvalue weighted by Crippen LogP contribution is 2.28. The van der Waals surface area contributed by atoms with Gasteiger partial charge in [0.2, 0.25) is 0 Å². The Morgan fingerprint density at radius 1 is 1.32 bits per heavy atom. The molecule has 25 heavy (non-hydrogen) atoms. The van der Waals surface area contributed by atoms with E-state index in [0.717, 1.165) is 5.56 Å². The Hall–Kier alpha value is -1.87. The first kappa shape index (κ1) is 19.5. The van der Waals surface area contributed by atoms with E-state index >= 15 is 0 Å². The molecule has 134 valence electrons. The number of ether oxygens (including phenoxy) is 1. The van der Waals surface area contributed by atoms with Crippen LogP contribution in [0.4, 0.5) is 4.79 Å². The first-order valence-corrected chi connectivity index (χ1v) is 8.99. The number of aromatic nitrogens is 2. The van der Waals surface area contributed by atoms with Crippen LogP contribution in [0, 0.1) is 6.92 Å². The second kappa shape index (κ2) is 8.48. The third-order valence-corrected chi connectivity index (χ3v) is 5.47. The van der Waals surface area contributed by atoms with Gasteiger partial charge in [0.15, 0.2) is 6.04 Å². The summed E-state index contributed by atoms with van der Waals surface area (Å²) in [7, 11) is 0. The molecule has 1 amide bonds. The van der Waals surface area contributed by atoms with Crippen LogP contribution < -0.4 is 5.32 Å². The van der Waals surface area contributed by atoms with Crippen molar-refractivity contribution in [1.82, 2.24) is 14.9 Å². The van der Waals surface area contributed by atoms with Gasteiger partial charge in [-0.05, 0) is 51.3 Å². The zero-order valence-electron chi connectivity index (χ0n) is 13.6. The summed E-state index contributed by atoms with van der Waals surface area (Å²) >= 11 is 6.65. The third kappa shape index (κ3) is 4.82. The molecule has 1 aromatic carbocycles. The lowest BCUT2D eigenvalue weighted by Gasteiger charge is -2.24. The number of nitrogens with zero attached hydrogens (tertiary/aromatic N) is 2. The van der Waals surface area contributed by atoms with Crippen molar-refractivity contribution in [2.75, 3.05) is 0 Å². The van der Waals surface area contributed by atoms with Gasteiger partial charge in [0, 0.05) is 0 Å². The van der Waals surface area contributed by atoms with Gasteiger partial charge in [-0.3, -0.25) is 0 Å². The maximum absolute atomic E-state index is 12.0. The van der Waals surface area contributed by atoms with E-state index in [4.69, 9.17) is 4.74 Å². The van der Waals surface area contributed by atoms with Crippen molar-refractivity contribution in [3.8, 4) is 0 Å². The van der Waals surface area contributed by atoms with Gasteiger partial charge in [-0.1, -0.05) is 30.3 Å². The highest BCUT2D eigenvalue weighted by molar-refractivity contribution is 9.13. The largest absolute Gasteiger partial charge is 0.480 e. The normalized spacial score (nSPS) is 13.1. The van der Waals surface area contributed by atoms with Crippen molar-refractivity contribution in [1.29, 1.82) is 0 Å². The topological polar surface area (TPSA) is 93.5 Å². The standard InChI is InChI=1S/C16H17Br2N3O4/c1-9(21-10(2)19-13(17)14(21)18)12(15(22)23)20-16(24)25-8-11-6-4-3-5-7-11/h3-7,9,12H,8H2,1-2H3,(H,20,24)(H,22,23). The van der Waals surface area contributed by atoms with Gasteiger partial charge in [-0.2, -0.15) is 0 Å². The van der Waals surface area contributed by atoms with Crippen LogP contribution in [0.2, 0.25) is 0 Å². The van der Waals surface area contributed by atoms with Crippen molar-refractivity contribution < 1.29 is 19.4 Å². The summed E-state index contributed by atoms with van der Waals surface area (Å²) in [6.07, 6.45) is -0.795. The van der Waals surface area contributed by atoms with Crippen LogP contribution in [0.25, 0.3) is 0 Å². The van der Waals surface area contributed by atoms with Gasteiger partial charge in [-0.25, -0.2) is 14.6 Å². The van der Waals surface area contributed by atoms with Crippen molar-refractivity contribution >= 4 is 43.9 Å². The van der Waals surface area contributed by atoms with Crippen LogP contribution >= 0.6 is 31.9 Å². The van der Waals surface area contributed by atoms with Crippen LogP contribution in [0.3, 0.4) is 0 Å². The van der Waals surface area contributed by atoms with Crippen molar-refractivity contribution in [3.63, 3.8) is 0 Å². The highest BCUT2D eigenvalue weighted by atomic mass is 79.9. The summed E-state index contributed by atoms with van der Waals surface area (Å²) in [5.41, 5.74) is 0.815. The fourth-order valence-electron chi connectivity index (χ4n) is 2.39. The van der Waals surface area contributed by atoms with Gasteiger partial charge in [0.05, 0.1) is 6.04 Å². The summed E-state index contributed by atoms with van der Waals surface area (Å²) in [5, 5.41) is 11.9. The number of benzene rings is 1. The number of carbonyl (C=O) groups excluding carboxylic acids is 1. The Morgan fingerprint density at radius 2 is 1.96 bits per heavy atom. The van der Waals surface area contributed by atoms with E-state index in [9.17, 15) is 14.7 Å². The number of hydrogen-bond donors (Lipinski definition) is 2. The van der Waals surface area contributed by atoms with E-state index in [-0.39, 0.29) is 6.61 Å². The number of carbonyl (C=O) groups is 2. The van der Waals surface area contributed by atoms with E-state index in [0.29, 0.717) is 15.0 Å². The number of carboxylic acid groups (broad SMARTS) is 1. The van der Waals surface area contributed by atoms with Gasteiger partial charge in [0.25, 0.3) is 0 Å². The van der Waals surface area contributed by atoms with Gasteiger partial charge in [0.1, 0.15) is 21.6 Å². The van der Waals surface area contributed by atoms with E-state index in [1.165, 1.54) is 0 Å². The molecular formula is C16H17Br2N3O4. The molecule has 2 unspecified atom stereocenters. The fraction of sp³-hybridized carbons (Fsp3) is 0.312. The fourth-order valence-corrected chi connectivity index (χ4v) is 3.50. The number of hydrogen-bond acceptors (Lipinski definition) is 4. The zero-order chi connectivity index (χ0) is 18.6. The lowest BCUT2D eigenvalue weighted by Crippen LogP contribution is -2.46. The monoisotopic (exact) mass is 473 g/mol. The Labute approximate surface area is 161 Å². The number of aryl methyl sites for hydroxylation is 1. The maximum Gasteiger partial charge on any atom is 0.408 e. The minimum atomic E-state index is -1.18. The van der Waals surface area contributed by atoms with Gasteiger partial charge < -0.3 is 19.7 Å². The number of nitrogens with one attached hydrogen (secondary N) is 1. The first-order chi connectivity index (χ1) is 11.8. The Bertz CT molecular complexity index is 764. The molecule has 0 fully saturated rings. The molecule has 0 aliphatic rings. The number of carboxylic acids is 1. The first-order valence-electron chi connectivity index (χ1n) is 7.41. The summed E-state index contributed by atoms with van der Waals surface area (Å²) in [6, 6.07) is 7.37. The molecule has 1 heterocycles. The average molecular weight is 475 g/mol. The molecule has 0 saturated carbocycles. The van der Waals surface area contributed by atoms with Crippen molar-refractivity contribution in [2.45, 2.75) is 32.5 Å². The SMILES string of the molecule is Cc1nc(Br)c(Br)n1C(C)C(NC(=O)OCc1ccccc1)C(=O)O. The van der Waals surface area contributed by atoms with E-state index < -0.39 is 24.1 Å². The van der Waals surface area contributed by atoms with E-state index in [1.54, 1.807) is 18.4 Å².